The number of urea groups is 1. The molecule has 3 amide bonds. The van der Waals surface area contributed by atoms with Crippen LogP contribution >= 0.6 is 0 Å². The van der Waals surface area contributed by atoms with Crippen LogP contribution in [0.1, 0.15) is 26.7 Å². The Morgan fingerprint density at radius 3 is 2.55 bits per heavy atom. The van der Waals surface area contributed by atoms with E-state index in [1.165, 1.54) is 25.9 Å². The highest BCUT2D eigenvalue weighted by Gasteiger charge is 2.22. The third-order valence-electron chi connectivity index (χ3n) is 2.52. The number of aliphatic imine (C=N–C) groups is 1. The lowest BCUT2D eigenvalue weighted by Crippen LogP contribution is -2.44. The summed E-state index contributed by atoms with van der Waals surface area (Å²) in [5, 5.41) is 0.678. The molecule has 11 heteroatoms. The molecule has 1 N–H and O–H groups in total. The minimum Gasteiger partial charge on any atom is -0.448 e. The van der Waals surface area contributed by atoms with Gasteiger partial charge in [-0.2, -0.15) is 0 Å². The average molecular weight is 351 g/mol. The number of carbonyl (C=O) groups excluding carboxylic acids is 2. The minimum absolute atomic E-state index is 0.189. The molecule has 9 nitrogen and oxygen atoms in total. The first-order valence-corrected chi connectivity index (χ1v) is 9.32. The van der Waals surface area contributed by atoms with Crippen molar-refractivity contribution in [1.29, 1.82) is 0 Å². The van der Waals surface area contributed by atoms with Crippen LogP contribution in [0.15, 0.2) is 4.99 Å². The SMILES string of the molecule is CCCCOC(=O)N1NC(C)=[S-](=S(=O)=O)C1=NC(=O)N(C)C. The fraction of sp³-hybridized carbons (Fsp3) is 0.636. The number of amidine groups is 1. The molecule has 22 heavy (non-hydrogen) atoms. The summed E-state index contributed by atoms with van der Waals surface area (Å²) in [4.78, 5) is 28.9. The van der Waals surface area contributed by atoms with Gasteiger partial charge in [0.05, 0.1) is 21.0 Å². The number of carbonyl (C=O) groups is 2. The molecular formula is C11H19N4O5S2-. The third kappa shape index (κ3) is 4.45. The second kappa shape index (κ2) is 8.15. The van der Waals surface area contributed by atoms with Gasteiger partial charge in [0.2, 0.25) is 0 Å². The molecule has 1 aliphatic heterocycles. The summed E-state index contributed by atoms with van der Waals surface area (Å²) < 4.78 is 27.8. The summed E-state index contributed by atoms with van der Waals surface area (Å²) in [5.41, 5.74) is 2.60. The summed E-state index contributed by atoms with van der Waals surface area (Å²) in [7, 11) is -1.11. The Morgan fingerprint density at radius 1 is 1.41 bits per heavy atom. The van der Waals surface area contributed by atoms with Gasteiger partial charge in [-0.15, -0.1) is 0 Å². The summed E-state index contributed by atoms with van der Waals surface area (Å²) >= 11 is 0. The van der Waals surface area contributed by atoms with Gasteiger partial charge in [0, 0.05) is 14.1 Å². The van der Waals surface area contributed by atoms with E-state index in [2.05, 4.69) is 10.4 Å². The predicted molar refractivity (Wildman–Crippen MR) is 84.7 cm³/mol. The summed E-state index contributed by atoms with van der Waals surface area (Å²) in [6, 6.07) is -0.666. The van der Waals surface area contributed by atoms with Crippen LogP contribution in [0.3, 0.4) is 0 Å². The first-order chi connectivity index (χ1) is 10.3. The molecule has 1 aliphatic rings. The van der Waals surface area contributed by atoms with Crippen molar-refractivity contribution in [2.45, 2.75) is 26.7 Å². The molecule has 0 fully saturated rings. The number of nitrogens with zero attached hydrogens (tertiary/aromatic N) is 3. The maximum Gasteiger partial charge on any atom is 0.428 e. The summed E-state index contributed by atoms with van der Waals surface area (Å²) in [5.74, 6) is 0. The third-order valence-corrected chi connectivity index (χ3v) is 6.06. The number of amides is 3. The predicted octanol–water partition coefficient (Wildman–Crippen LogP) is 0.343. The second-order valence-electron chi connectivity index (χ2n) is 4.52. The van der Waals surface area contributed by atoms with Crippen LogP contribution in [-0.2, 0) is 23.0 Å². The largest absolute Gasteiger partial charge is 0.448 e. The van der Waals surface area contributed by atoms with Crippen molar-refractivity contribution in [2.24, 2.45) is 4.99 Å². The van der Waals surface area contributed by atoms with Crippen LogP contribution in [0.4, 0.5) is 9.59 Å². The fourth-order valence-electron chi connectivity index (χ4n) is 1.39. The molecule has 1 rings (SSSR count). The maximum atomic E-state index is 12.0. The van der Waals surface area contributed by atoms with E-state index in [-0.39, 0.29) is 11.8 Å². The molecule has 126 valence electrons. The molecule has 0 unspecified atom stereocenters. The molecule has 0 aromatic carbocycles. The highest BCUT2D eigenvalue weighted by Crippen LogP contribution is 2.06. The lowest BCUT2D eigenvalue weighted by Gasteiger charge is -2.21. The van der Waals surface area contributed by atoms with Crippen molar-refractivity contribution in [2.75, 3.05) is 20.7 Å². The molecule has 0 aliphatic carbocycles. The zero-order chi connectivity index (χ0) is 16.9. The molecule has 1 heterocycles. The molecule has 0 atom stereocenters. The highest BCUT2D eigenvalue weighted by atomic mass is 32.8. The Balaban J connectivity index is 3.18. The van der Waals surface area contributed by atoms with E-state index < -0.39 is 30.4 Å². The molecule has 0 aromatic heterocycles. The van der Waals surface area contributed by atoms with Gasteiger partial charge < -0.3 is 9.64 Å². The van der Waals surface area contributed by atoms with E-state index in [1.54, 1.807) is 0 Å². The monoisotopic (exact) mass is 351 g/mol. The lowest BCUT2D eigenvalue weighted by molar-refractivity contribution is 0.117. The quantitative estimate of drug-likeness (QED) is 0.446. The summed E-state index contributed by atoms with van der Waals surface area (Å²) in [6.07, 6.45) is 0.740. The standard InChI is InChI=1S/C11H19N4O5S2/c1-5-6-7-20-11(17)15-10(12-9(16)14(3)4)21(22(18)19)8(2)13-15/h13H,5-7H2,1-4H3/q-1. The summed E-state index contributed by atoms with van der Waals surface area (Å²) in [6.45, 7) is 3.66. The first kappa shape index (κ1) is 18.5. The maximum absolute atomic E-state index is 12.0. The molecule has 0 radical (unpaired) electrons. The van der Waals surface area contributed by atoms with Crippen LogP contribution in [0, 0.1) is 0 Å². The molecular weight excluding hydrogens is 332 g/mol. The van der Waals surface area contributed by atoms with E-state index in [0.717, 1.165) is 11.4 Å². The van der Waals surface area contributed by atoms with Crippen LogP contribution < -0.4 is 5.43 Å². The number of hydrazine groups is 1. The molecule has 0 bridgehead atoms. The number of ether oxygens (including phenoxy) is 1. The van der Waals surface area contributed by atoms with Gasteiger partial charge in [-0.25, -0.2) is 33.4 Å². The van der Waals surface area contributed by atoms with Gasteiger partial charge >= 0.3 is 12.1 Å². The average Bonchev–Trinajstić information content (AvgIpc) is 2.75. The molecule has 0 spiro atoms. The number of unbranched alkanes of at least 4 members (excludes halogenated alkanes) is 1. The van der Waals surface area contributed by atoms with Gasteiger partial charge in [-0.1, -0.05) is 25.3 Å². The molecule has 0 saturated heterocycles. The van der Waals surface area contributed by atoms with Crippen LogP contribution in [0.25, 0.3) is 0 Å². The van der Waals surface area contributed by atoms with Crippen molar-refractivity contribution in [1.82, 2.24) is 15.3 Å². The van der Waals surface area contributed by atoms with E-state index in [4.69, 9.17) is 4.74 Å². The van der Waals surface area contributed by atoms with E-state index in [9.17, 15) is 18.0 Å². The Hall–Kier alpha value is -1.59. The van der Waals surface area contributed by atoms with Gasteiger partial charge in [0.1, 0.15) is 0 Å². The van der Waals surface area contributed by atoms with Gasteiger partial charge in [0.15, 0.2) is 0 Å². The number of rotatable bonds is 3. The zero-order valence-electron chi connectivity index (χ0n) is 12.8. The first-order valence-electron chi connectivity index (χ1n) is 6.50. The van der Waals surface area contributed by atoms with Crippen molar-refractivity contribution >= 4 is 40.6 Å². The number of nitrogens with one attached hydrogen (secondary N) is 1. The Labute approximate surface area is 131 Å². The van der Waals surface area contributed by atoms with Crippen molar-refractivity contribution in [3.8, 4) is 0 Å². The van der Waals surface area contributed by atoms with Crippen molar-refractivity contribution in [3.63, 3.8) is 0 Å². The van der Waals surface area contributed by atoms with E-state index in [0.29, 0.717) is 11.4 Å². The highest BCUT2D eigenvalue weighted by molar-refractivity contribution is 8.40. The Bertz CT molecular complexity index is 681. The fourth-order valence-corrected chi connectivity index (χ4v) is 4.04. The van der Waals surface area contributed by atoms with Crippen LogP contribution in [0.5, 0.6) is 0 Å². The molecule has 0 aromatic rings. The topological polar surface area (TPSA) is 108 Å². The number of hydrogen-bond donors (Lipinski definition) is 1. The van der Waals surface area contributed by atoms with Gasteiger partial charge in [-0.05, 0) is 6.42 Å². The van der Waals surface area contributed by atoms with Gasteiger partial charge in [-0.3, -0.25) is 9.04 Å². The second-order valence-corrected chi connectivity index (χ2v) is 8.26. The molecule has 0 saturated carbocycles. The number of hydrogen-bond acceptors (Lipinski definition) is 7. The van der Waals surface area contributed by atoms with E-state index >= 15 is 0 Å². The zero-order valence-corrected chi connectivity index (χ0v) is 14.5. The van der Waals surface area contributed by atoms with Crippen LogP contribution in [0.2, 0.25) is 0 Å². The smallest absolute Gasteiger partial charge is 0.428 e. The van der Waals surface area contributed by atoms with Crippen LogP contribution in [-0.4, -0.2) is 61.3 Å². The normalized spacial score (nSPS) is 17.0. The lowest BCUT2D eigenvalue weighted by atomic mass is 10.4. The minimum atomic E-state index is -2.55. The Morgan fingerprint density at radius 2 is 2.05 bits per heavy atom. The van der Waals surface area contributed by atoms with E-state index in [1.807, 2.05) is 6.92 Å². The Kier molecular flexibility index (Phi) is 6.84. The van der Waals surface area contributed by atoms with Crippen molar-refractivity contribution < 1.29 is 22.7 Å². The van der Waals surface area contributed by atoms with Gasteiger partial charge in [0.25, 0.3) is 0 Å². The van der Waals surface area contributed by atoms with Crippen molar-refractivity contribution in [3.05, 3.63) is 0 Å².